The molecule has 0 bridgehead atoms. The minimum absolute atomic E-state index is 0.120. The minimum atomic E-state index is -1.03. The second-order valence-electron chi connectivity index (χ2n) is 6.86. The number of amides is 1. The smallest absolute Gasteiger partial charge is 0.409 e. The molecule has 150 valence electrons. The monoisotopic (exact) mass is 462 g/mol. The Hall–Kier alpha value is -3.25. The molecule has 1 heterocycles. The van der Waals surface area contributed by atoms with Crippen molar-refractivity contribution in [1.29, 1.82) is 0 Å². The fourth-order valence-electron chi connectivity index (χ4n) is 3.32. The predicted octanol–water partition coefficient (Wildman–Crippen LogP) is 4.66. The molecule has 0 aromatic heterocycles. The van der Waals surface area contributed by atoms with E-state index in [9.17, 15) is 9.59 Å². The number of rotatable bonds is 4. The number of nitrogens with zero attached hydrogens (tertiary/aromatic N) is 1. The van der Waals surface area contributed by atoms with Crippen molar-refractivity contribution in [3.8, 4) is 0 Å². The highest BCUT2D eigenvalue weighted by Gasteiger charge is 2.28. The van der Waals surface area contributed by atoms with Gasteiger partial charge in [0.2, 0.25) is 0 Å². The maximum Gasteiger partial charge on any atom is 0.409 e. The van der Waals surface area contributed by atoms with E-state index in [0.717, 1.165) is 26.7 Å². The summed E-state index contributed by atoms with van der Waals surface area (Å²) in [7, 11) is 0. The van der Waals surface area contributed by atoms with Gasteiger partial charge >= 0.3 is 6.09 Å². The van der Waals surface area contributed by atoms with Gasteiger partial charge in [-0.05, 0) is 17.2 Å². The Labute approximate surface area is 182 Å². The van der Waals surface area contributed by atoms with Gasteiger partial charge in [0.25, 0.3) is 0 Å². The van der Waals surface area contributed by atoms with Crippen LogP contribution in [0, 0.1) is 0 Å². The number of benzene rings is 3. The van der Waals surface area contributed by atoms with Crippen molar-refractivity contribution in [1.82, 2.24) is 5.32 Å². The SMILES string of the molecule is O=C(NC1N=C(c2ccccc2)c2cccc(Br)c2CC1=O)OCc1ccccc1. The van der Waals surface area contributed by atoms with E-state index < -0.39 is 12.3 Å². The molecule has 0 saturated heterocycles. The molecule has 0 fully saturated rings. The van der Waals surface area contributed by atoms with E-state index in [-0.39, 0.29) is 18.8 Å². The lowest BCUT2D eigenvalue weighted by molar-refractivity contribution is -0.120. The van der Waals surface area contributed by atoms with E-state index in [0.29, 0.717) is 5.71 Å². The third-order valence-electron chi connectivity index (χ3n) is 4.80. The first-order valence-electron chi connectivity index (χ1n) is 9.53. The second-order valence-corrected chi connectivity index (χ2v) is 7.72. The molecule has 3 aromatic rings. The zero-order valence-corrected chi connectivity index (χ0v) is 17.6. The zero-order chi connectivity index (χ0) is 20.9. The van der Waals surface area contributed by atoms with Crippen molar-refractivity contribution < 1.29 is 14.3 Å². The number of alkyl carbamates (subject to hydrolysis) is 1. The molecule has 1 N–H and O–H groups in total. The van der Waals surface area contributed by atoms with Gasteiger partial charge < -0.3 is 4.74 Å². The van der Waals surface area contributed by atoms with Crippen LogP contribution in [0.25, 0.3) is 0 Å². The van der Waals surface area contributed by atoms with Crippen molar-refractivity contribution in [2.24, 2.45) is 4.99 Å². The molecule has 1 aliphatic heterocycles. The average molecular weight is 463 g/mol. The van der Waals surface area contributed by atoms with E-state index in [1.165, 1.54) is 0 Å². The summed E-state index contributed by atoms with van der Waals surface area (Å²) in [5, 5.41) is 2.62. The number of hydrogen-bond acceptors (Lipinski definition) is 4. The van der Waals surface area contributed by atoms with Crippen molar-refractivity contribution in [3.63, 3.8) is 0 Å². The van der Waals surface area contributed by atoms with Gasteiger partial charge in [0.1, 0.15) is 6.61 Å². The Morgan fingerprint density at radius 3 is 2.43 bits per heavy atom. The van der Waals surface area contributed by atoms with Crippen molar-refractivity contribution in [2.45, 2.75) is 19.2 Å². The van der Waals surface area contributed by atoms with Gasteiger partial charge in [-0.2, -0.15) is 0 Å². The van der Waals surface area contributed by atoms with E-state index in [4.69, 9.17) is 4.74 Å². The molecule has 1 unspecified atom stereocenters. The Bertz CT molecular complexity index is 1100. The average Bonchev–Trinajstić information content (AvgIpc) is 2.91. The Kier molecular flexibility index (Phi) is 6.05. The minimum Gasteiger partial charge on any atom is -0.445 e. The van der Waals surface area contributed by atoms with E-state index >= 15 is 0 Å². The molecule has 0 saturated carbocycles. The zero-order valence-electron chi connectivity index (χ0n) is 16.0. The van der Waals surface area contributed by atoms with Crippen molar-refractivity contribution >= 4 is 33.5 Å². The van der Waals surface area contributed by atoms with Crippen LogP contribution in [0.1, 0.15) is 22.3 Å². The molecule has 5 nitrogen and oxygen atoms in total. The number of ether oxygens (including phenoxy) is 1. The molecule has 1 amide bonds. The number of aliphatic imine (C=N–C) groups is 1. The number of ketones is 1. The maximum atomic E-state index is 12.9. The molecule has 6 heteroatoms. The molecular weight excluding hydrogens is 444 g/mol. The van der Waals surface area contributed by atoms with Gasteiger partial charge in [-0.3, -0.25) is 15.1 Å². The molecule has 0 spiro atoms. The van der Waals surface area contributed by atoms with Crippen molar-refractivity contribution in [2.75, 3.05) is 0 Å². The number of carbonyl (C=O) groups excluding carboxylic acids is 2. The molecule has 4 rings (SSSR count). The van der Waals surface area contributed by atoms with Gasteiger partial charge in [0, 0.05) is 22.0 Å². The third kappa shape index (κ3) is 4.49. The number of fused-ring (bicyclic) bond motifs is 1. The summed E-state index contributed by atoms with van der Waals surface area (Å²) in [4.78, 5) is 29.9. The van der Waals surface area contributed by atoms with Crippen LogP contribution in [0.3, 0.4) is 0 Å². The van der Waals surface area contributed by atoms with Gasteiger partial charge in [-0.15, -0.1) is 0 Å². The van der Waals surface area contributed by atoms with Gasteiger partial charge in [-0.1, -0.05) is 88.7 Å². The fourth-order valence-corrected chi connectivity index (χ4v) is 3.82. The largest absolute Gasteiger partial charge is 0.445 e. The molecular formula is C24H19BrN2O3. The van der Waals surface area contributed by atoms with Crippen LogP contribution in [0.5, 0.6) is 0 Å². The number of carbonyl (C=O) groups is 2. The number of Topliss-reactive ketones (excluding diaryl/α,β-unsaturated/α-hetero) is 1. The molecule has 1 aliphatic rings. The molecule has 1 atom stereocenters. The first kappa shape index (κ1) is 20.0. The van der Waals surface area contributed by atoms with Gasteiger partial charge in [-0.25, -0.2) is 4.79 Å². The van der Waals surface area contributed by atoms with E-state index in [1.807, 2.05) is 78.9 Å². The molecule has 3 aromatic carbocycles. The second kappa shape index (κ2) is 9.05. The maximum absolute atomic E-state index is 12.9. The van der Waals surface area contributed by atoms with E-state index in [1.54, 1.807) is 0 Å². The normalized spacial score (nSPS) is 15.6. The summed E-state index contributed by atoms with van der Waals surface area (Å²) in [6.07, 6.45) is -1.55. The summed E-state index contributed by atoms with van der Waals surface area (Å²) < 4.78 is 6.12. The lowest BCUT2D eigenvalue weighted by Crippen LogP contribution is -2.40. The van der Waals surface area contributed by atoms with Crippen LogP contribution in [0.4, 0.5) is 4.79 Å². The fraction of sp³-hybridized carbons (Fsp3) is 0.125. The topological polar surface area (TPSA) is 67.8 Å². The number of nitrogens with one attached hydrogen (secondary N) is 1. The number of halogens is 1. The Morgan fingerprint density at radius 1 is 1.00 bits per heavy atom. The summed E-state index contributed by atoms with van der Waals surface area (Å²) in [6.45, 7) is 0.120. The van der Waals surface area contributed by atoms with Crippen LogP contribution in [0.2, 0.25) is 0 Å². The van der Waals surface area contributed by atoms with Gasteiger partial charge in [0.15, 0.2) is 11.9 Å². The quantitative estimate of drug-likeness (QED) is 0.612. The summed E-state index contributed by atoms with van der Waals surface area (Å²) >= 11 is 3.55. The van der Waals surface area contributed by atoms with Crippen LogP contribution in [0.15, 0.2) is 88.3 Å². The highest BCUT2D eigenvalue weighted by Crippen LogP contribution is 2.27. The first-order valence-corrected chi connectivity index (χ1v) is 10.3. The van der Waals surface area contributed by atoms with Crippen LogP contribution in [-0.2, 0) is 22.6 Å². The van der Waals surface area contributed by atoms with Crippen molar-refractivity contribution in [3.05, 3.63) is 106 Å². The summed E-state index contributed by atoms with van der Waals surface area (Å²) in [5.74, 6) is -0.203. The molecule has 0 radical (unpaired) electrons. The number of hydrogen-bond donors (Lipinski definition) is 1. The predicted molar refractivity (Wildman–Crippen MR) is 118 cm³/mol. The van der Waals surface area contributed by atoms with Crippen LogP contribution < -0.4 is 5.32 Å². The summed E-state index contributed by atoms with van der Waals surface area (Å²) in [5.41, 5.74) is 4.12. The van der Waals surface area contributed by atoms with Gasteiger partial charge in [0.05, 0.1) is 5.71 Å². The Morgan fingerprint density at radius 2 is 1.70 bits per heavy atom. The third-order valence-corrected chi connectivity index (χ3v) is 5.55. The van der Waals surface area contributed by atoms with Crippen LogP contribution in [-0.4, -0.2) is 23.8 Å². The summed E-state index contributed by atoms with van der Waals surface area (Å²) in [6, 6.07) is 24.7. The first-order chi connectivity index (χ1) is 14.6. The van der Waals surface area contributed by atoms with Crippen LogP contribution >= 0.6 is 15.9 Å². The highest BCUT2D eigenvalue weighted by atomic mass is 79.9. The standard InChI is InChI=1S/C24H19BrN2O3/c25-20-13-7-12-18-19(20)14-21(28)23(26-22(18)17-10-5-2-6-11-17)27-24(29)30-15-16-8-3-1-4-9-16/h1-13,23H,14-15H2,(H,27,29). The lowest BCUT2D eigenvalue weighted by atomic mass is 9.96. The molecule has 30 heavy (non-hydrogen) atoms. The lowest BCUT2D eigenvalue weighted by Gasteiger charge is -2.14. The Balaban J connectivity index is 1.61. The highest BCUT2D eigenvalue weighted by molar-refractivity contribution is 9.10. The van der Waals surface area contributed by atoms with E-state index in [2.05, 4.69) is 26.2 Å². The molecule has 0 aliphatic carbocycles.